The summed E-state index contributed by atoms with van der Waals surface area (Å²) < 4.78 is 14.1. The number of ether oxygens (including phenoxy) is 2. The Morgan fingerprint density at radius 2 is 1.80 bits per heavy atom. The van der Waals surface area contributed by atoms with Gasteiger partial charge in [-0.1, -0.05) is 52.3 Å². The van der Waals surface area contributed by atoms with Crippen molar-refractivity contribution in [3.63, 3.8) is 0 Å². The summed E-state index contributed by atoms with van der Waals surface area (Å²) in [4.78, 5) is 11.9. The normalized spacial score (nSPS) is 10.9. The standard InChI is InChI=1S/C24H21BrN2O3/c1-2-29-24(28)14-17-8-6-7-11-23(17)30-16-21-20-15-18(25)12-13-22(20)27(26-21)19-9-4-3-5-10-19/h3-13,15H,2,14,16H2,1H3. The molecule has 0 saturated carbocycles. The Morgan fingerprint density at radius 3 is 2.60 bits per heavy atom. The van der Waals surface area contributed by atoms with Crippen molar-refractivity contribution in [1.82, 2.24) is 9.78 Å². The molecule has 1 heterocycles. The Morgan fingerprint density at radius 1 is 1.03 bits per heavy atom. The van der Waals surface area contributed by atoms with E-state index >= 15 is 0 Å². The van der Waals surface area contributed by atoms with Crippen LogP contribution in [0, 0.1) is 0 Å². The third kappa shape index (κ3) is 4.39. The Hall–Kier alpha value is -3.12. The number of rotatable bonds is 7. The topological polar surface area (TPSA) is 53.4 Å². The highest BCUT2D eigenvalue weighted by Crippen LogP contribution is 2.27. The summed E-state index contributed by atoms with van der Waals surface area (Å²) in [6.45, 7) is 2.44. The molecule has 1 aromatic heterocycles. The largest absolute Gasteiger partial charge is 0.487 e. The molecular weight excluding hydrogens is 444 g/mol. The highest BCUT2D eigenvalue weighted by atomic mass is 79.9. The molecule has 6 heteroatoms. The van der Waals surface area contributed by atoms with E-state index in [9.17, 15) is 4.79 Å². The van der Waals surface area contributed by atoms with Crippen LogP contribution in [0.5, 0.6) is 5.75 Å². The average Bonchev–Trinajstić information content (AvgIpc) is 3.11. The van der Waals surface area contributed by atoms with Crippen LogP contribution in [0.4, 0.5) is 0 Å². The summed E-state index contributed by atoms with van der Waals surface area (Å²) in [7, 11) is 0. The number of carbonyl (C=O) groups excluding carboxylic acids is 1. The van der Waals surface area contributed by atoms with Crippen LogP contribution in [0.15, 0.2) is 77.3 Å². The van der Waals surface area contributed by atoms with Gasteiger partial charge in [-0.05, 0) is 43.3 Å². The second kappa shape index (κ2) is 9.13. The van der Waals surface area contributed by atoms with Crippen LogP contribution in [0.25, 0.3) is 16.6 Å². The van der Waals surface area contributed by atoms with Gasteiger partial charge in [0, 0.05) is 15.4 Å². The fourth-order valence-electron chi connectivity index (χ4n) is 3.33. The fraction of sp³-hybridized carbons (Fsp3) is 0.167. The molecule has 0 spiro atoms. The maximum atomic E-state index is 11.9. The van der Waals surface area contributed by atoms with E-state index in [2.05, 4.69) is 15.9 Å². The van der Waals surface area contributed by atoms with E-state index in [1.807, 2.05) is 77.5 Å². The Labute approximate surface area is 183 Å². The van der Waals surface area contributed by atoms with E-state index in [0.717, 1.165) is 32.3 Å². The monoisotopic (exact) mass is 464 g/mol. The van der Waals surface area contributed by atoms with Gasteiger partial charge in [-0.25, -0.2) is 4.68 Å². The van der Waals surface area contributed by atoms with Crippen LogP contribution in [-0.4, -0.2) is 22.4 Å². The molecule has 0 aliphatic heterocycles. The first-order chi connectivity index (χ1) is 14.7. The van der Waals surface area contributed by atoms with E-state index in [1.165, 1.54) is 0 Å². The minimum Gasteiger partial charge on any atom is -0.487 e. The number of hydrogen-bond acceptors (Lipinski definition) is 4. The van der Waals surface area contributed by atoms with Crippen LogP contribution >= 0.6 is 15.9 Å². The number of hydrogen-bond donors (Lipinski definition) is 0. The molecule has 0 bridgehead atoms. The first kappa shape index (κ1) is 20.2. The van der Waals surface area contributed by atoms with Gasteiger partial charge < -0.3 is 9.47 Å². The van der Waals surface area contributed by atoms with Crippen LogP contribution in [0.2, 0.25) is 0 Å². The zero-order valence-electron chi connectivity index (χ0n) is 16.5. The van der Waals surface area contributed by atoms with Crippen molar-refractivity contribution in [1.29, 1.82) is 0 Å². The van der Waals surface area contributed by atoms with Crippen molar-refractivity contribution in [2.75, 3.05) is 6.61 Å². The first-order valence-electron chi connectivity index (χ1n) is 9.74. The SMILES string of the molecule is CCOC(=O)Cc1ccccc1OCc1nn(-c2ccccc2)c2ccc(Br)cc12. The molecule has 152 valence electrons. The molecule has 0 radical (unpaired) electrons. The summed E-state index contributed by atoms with van der Waals surface area (Å²) in [5.41, 5.74) is 3.60. The van der Waals surface area contributed by atoms with Crippen molar-refractivity contribution in [3.05, 3.63) is 88.5 Å². The predicted molar refractivity (Wildman–Crippen MR) is 120 cm³/mol. The van der Waals surface area contributed by atoms with Gasteiger partial charge in [0.15, 0.2) is 0 Å². The number of benzene rings is 3. The summed E-state index contributed by atoms with van der Waals surface area (Å²) in [5.74, 6) is 0.388. The zero-order chi connectivity index (χ0) is 20.9. The quantitative estimate of drug-likeness (QED) is 0.340. The summed E-state index contributed by atoms with van der Waals surface area (Å²) in [6, 6.07) is 23.6. The molecule has 0 N–H and O–H groups in total. The Kier molecular flexibility index (Phi) is 6.14. The van der Waals surface area contributed by atoms with E-state index in [4.69, 9.17) is 14.6 Å². The molecular formula is C24H21BrN2O3. The van der Waals surface area contributed by atoms with E-state index in [1.54, 1.807) is 6.92 Å². The molecule has 0 fully saturated rings. The van der Waals surface area contributed by atoms with Gasteiger partial charge in [0.2, 0.25) is 0 Å². The fourth-order valence-corrected chi connectivity index (χ4v) is 3.69. The lowest BCUT2D eigenvalue weighted by Crippen LogP contribution is -2.09. The van der Waals surface area contributed by atoms with Crippen molar-refractivity contribution < 1.29 is 14.3 Å². The Balaban J connectivity index is 1.64. The molecule has 0 amide bonds. The third-order valence-electron chi connectivity index (χ3n) is 4.70. The van der Waals surface area contributed by atoms with Crippen molar-refractivity contribution in [3.8, 4) is 11.4 Å². The predicted octanol–water partition coefficient (Wildman–Crippen LogP) is 5.47. The average molecular weight is 465 g/mol. The molecule has 0 unspecified atom stereocenters. The number of fused-ring (bicyclic) bond motifs is 1. The van der Waals surface area contributed by atoms with E-state index < -0.39 is 0 Å². The van der Waals surface area contributed by atoms with E-state index in [-0.39, 0.29) is 19.0 Å². The van der Waals surface area contributed by atoms with Gasteiger partial charge >= 0.3 is 5.97 Å². The van der Waals surface area contributed by atoms with Gasteiger partial charge in [-0.15, -0.1) is 0 Å². The number of para-hydroxylation sites is 2. The summed E-state index contributed by atoms with van der Waals surface area (Å²) in [6.07, 6.45) is 0.175. The second-order valence-corrected chi connectivity index (χ2v) is 7.65. The lowest BCUT2D eigenvalue weighted by atomic mass is 10.1. The second-order valence-electron chi connectivity index (χ2n) is 6.73. The zero-order valence-corrected chi connectivity index (χ0v) is 18.1. The summed E-state index contributed by atoms with van der Waals surface area (Å²) in [5, 5.41) is 5.83. The molecule has 4 rings (SSSR count). The molecule has 0 aliphatic rings. The molecule has 0 saturated heterocycles. The van der Waals surface area contributed by atoms with E-state index in [0.29, 0.717) is 12.4 Å². The number of carbonyl (C=O) groups is 1. The third-order valence-corrected chi connectivity index (χ3v) is 5.19. The minimum atomic E-state index is -0.267. The number of aromatic nitrogens is 2. The van der Waals surface area contributed by atoms with Gasteiger partial charge in [0.05, 0.1) is 24.2 Å². The Bertz CT molecular complexity index is 1170. The lowest BCUT2D eigenvalue weighted by molar-refractivity contribution is -0.142. The van der Waals surface area contributed by atoms with Gasteiger partial charge in [-0.3, -0.25) is 4.79 Å². The highest BCUT2D eigenvalue weighted by molar-refractivity contribution is 9.10. The van der Waals surface area contributed by atoms with Crippen LogP contribution in [-0.2, 0) is 22.6 Å². The van der Waals surface area contributed by atoms with Crippen molar-refractivity contribution in [2.24, 2.45) is 0 Å². The van der Waals surface area contributed by atoms with Crippen LogP contribution in [0.3, 0.4) is 0 Å². The molecule has 5 nitrogen and oxygen atoms in total. The van der Waals surface area contributed by atoms with Crippen molar-refractivity contribution >= 4 is 32.8 Å². The first-order valence-corrected chi connectivity index (χ1v) is 10.5. The van der Waals surface area contributed by atoms with Gasteiger partial charge in [0.25, 0.3) is 0 Å². The molecule has 0 atom stereocenters. The van der Waals surface area contributed by atoms with Gasteiger partial charge in [0.1, 0.15) is 18.1 Å². The van der Waals surface area contributed by atoms with Gasteiger partial charge in [-0.2, -0.15) is 5.10 Å². The number of esters is 1. The van der Waals surface area contributed by atoms with Crippen molar-refractivity contribution in [2.45, 2.75) is 20.0 Å². The van der Waals surface area contributed by atoms with Crippen LogP contribution < -0.4 is 4.74 Å². The molecule has 0 aliphatic carbocycles. The molecule has 4 aromatic rings. The van der Waals surface area contributed by atoms with Crippen LogP contribution in [0.1, 0.15) is 18.2 Å². The maximum Gasteiger partial charge on any atom is 0.310 e. The smallest absolute Gasteiger partial charge is 0.310 e. The minimum absolute atomic E-state index is 0.175. The highest BCUT2D eigenvalue weighted by Gasteiger charge is 2.15. The number of nitrogens with zero attached hydrogens (tertiary/aromatic N) is 2. The summed E-state index contributed by atoms with van der Waals surface area (Å²) >= 11 is 3.55. The maximum absolute atomic E-state index is 11.9. The number of halogens is 1. The molecule has 30 heavy (non-hydrogen) atoms. The molecule has 3 aromatic carbocycles. The lowest BCUT2D eigenvalue weighted by Gasteiger charge is -2.10.